The van der Waals surface area contributed by atoms with Gasteiger partial charge in [-0.1, -0.05) is 27.7 Å². The molecule has 4 nitrogen and oxygen atoms in total. The largest absolute Gasteiger partial charge is 0.393 e. The third kappa shape index (κ3) is 4.72. The second-order valence-electron chi connectivity index (χ2n) is 7.74. The van der Waals surface area contributed by atoms with Gasteiger partial charge in [0.25, 0.3) is 0 Å². The highest BCUT2D eigenvalue weighted by molar-refractivity contribution is 8.01. The minimum Gasteiger partial charge on any atom is -0.393 e. The Balaban J connectivity index is 1.84. The summed E-state index contributed by atoms with van der Waals surface area (Å²) in [6.07, 6.45) is 4.16. The second kappa shape index (κ2) is 8.02. The molecule has 1 aliphatic heterocycles. The number of hydrogen-bond donors (Lipinski definition) is 1. The molecule has 0 aromatic carbocycles. The maximum Gasteiger partial charge on any atom is 0.242 e. The number of carbonyl (C=O) groups excluding carboxylic acids is 2. The van der Waals surface area contributed by atoms with E-state index in [1.807, 2.05) is 0 Å². The Hall–Kier alpha value is -0.550. The summed E-state index contributed by atoms with van der Waals surface area (Å²) in [5, 5.41) is 10.4. The number of aliphatic hydroxyl groups is 1. The van der Waals surface area contributed by atoms with Crippen LogP contribution >= 0.6 is 11.8 Å². The van der Waals surface area contributed by atoms with Gasteiger partial charge in [0.15, 0.2) is 0 Å². The van der Waals surface area contributed by atoms with Crippen LogP contribution in [-0.4, -0.2) is 45.0 Å². The molecule has 0 aromatic rings. The van der Waals surface area contributed by atoms with E-state index in [0.29, 0.717) is 36.0 Å². The second-order valence-corrected chi connectivity index (χ2v) is 9.52. The van der Waals surface area contributed by atoms with E-state index in [4.69, 9.17) is 0 Å². The molecule has 1 saturated carbocycles. The van der Waals surface area contributed by atoms with Crippen LogP contribution in [0, 0.1) is 17.8 Å². The molecule has 2 rings (SSSR count). The van der Waals surface area contributed by atoms with E-state index in [1.54, 1.807) is 11.8 Å². The fourth-order valence-corrected chi connectivity index (χ4v) is 4.93. The molecule has 0 bridgehead atoms. The lowest BCUT2D eigenvalue weighted by Crippen LogP contribution is -2.38. The molecular weight excluding hydrogens is 310 g/mol. The Labute approximate surface area is 144 Å². The molecule has 132 valence electrons. The maximum atomic E-state index is 12.4. The first kappa shape index (κ1) is 18.8. The van der Waals surface area contributed by atoms with Crippen molar-refractivity contribution in [1.29, 1.82) is 0 Å². The third-order valence-electron chi connectivity index (χ3n) is 5.14. The van der Waals surface area contributed by atoms with Crippen LogP contribution in [0.3, 0.4) is 0 Å². The summed E-state index contributed by atoms with van der Waals surface area (Å²) in [6, 6.07) is 0. The monoisotopic (exact) mass is 341 g/mol. The Bertz CT molecular complexity index is 430. The van der Waals surface area contributed by atoms with Crippen molar-refractivity contribution in [3.05, 3.63) is 0 Å². The zero-order valence-corrected chi connectivity index (χ0v) is 15.6. The fraction of sp³-hybridized carbons (Fsp3) is 0.889. The molecule has 1 N–H and O–H groups in total. The Morgan fingerprint density at radius 3 is 2.26 bits per heavy atom. The Morgan fingerprint density at radius 2 is 1.74 bits per heavy atom. The summed E-state index contributed by atoms with van der Waals surface area (Å²) < 4.78 is 0. The fourth-order valence-electron chi connectivity index (χ4n) is 3.79. The predicted octanol–water partition coefficient (Wildman–Crippen LogP) is 3.08. The van der Waals surface area contributed by atoms with Crippen molar-refractivity contribution in [2.45, 2.75) is 76.4 Å². The van der Waals surface area contributed by atoms with E-state index in [9.17, 15) is 14.7 Å². The number of thioether (sulfide) groups is 1. The average molecular weight is 342 g/mol. The number of hydrogen-bond acceptors (Lipinski definition) is 4. The average Bonchev–Trinajstić information content (AvgIpc) is 2.74. The quantitative estimate of drug-likeness (QED) is 0.754. The van der Waals surface area contributed by atoms with E-state index in [1.165, 1.54) is 4.90 Å². The van der Waals surface area contributed by atoms with Crippen LogP contribution in [0.5, 0.6) is 0 Å². The van der Waals surface area contributed by atoms with E-state index >= 15 is 0 Å². The van der Waals surface area contributed by atoms with Crippen molar-refractivity contribution in [2.24, 2.45) is 17.8 Å². The van der Waals surface area contributed by atoms with Gasteiger partial charge in [0.1, 0.15) is 0 Å². The van der Waals surface area contributed by atoms with Crippen LogP contribution in [0.1, 0.15) is 59.8 Å². The van der Waals surface area contributed by atoms with E-state index in [0.717, 1.165) is 25.7 Å². The van der Waals surface area contributed by atoms with Crippen LogP contribution in [0.4, 0.5) is 0 Å². The van der Waals surface area contributed by atoms with Crippen molar-refractivity contribution in [3.63, 3.8) is 0 Å². The van der Waals surface area contributed by atoms with Gasteiger partial charge in [-0.2, -0.15) is 0 Å². The van der Waals surface area contributed by atoms with E-state index in [2.05, 4.69) is 27.7 Å². The topological polar surface area (TPSA) is 57.6 Å². The summed E-state index contributed by atoms with van der Waals surface area (Å²) in [5.41, 5.74) is 0. The van der Waals surface area contributed by atoms with Gasteiger partial charge >= 0.3 is 0 Å². The molecule has 2 aliphatic rings. The molecule has 0 spiro atoms. The lowest BCUT2D eigenvalue weighted by molar-refractivity contribution is -0.139. The van der Waals surface area contributed by atoms with E-state index < -0.39 is 0 Å². The van der Waals surface area contributed by atoms with Gasteiger partial charge in [-0.05, 0) is 48.7 Å². The highest BCUT2D eigenvalue weighted by atomic mass is 32.2. The molecule has 2 fully saturated rings. The standard InChI is InChI=1S/C18H31NO3S/c1-11(2)17(21)14-7-5-13(6-8-14)10-19-16(20)9-15(18(19)22)23-12(3)4/h11-15,17,21H,5-10H2,1-4H3. The minimum atomic E-state index is -0.224. The van der Waals surface area contributed by atoms with E-state index in [-0.39, 0.29) is 23.2 Å². The summed E-state index contributed by atoms with van der Waals surface area (Å²) in [5.74, 6) is 1.09. The Kier molecular flexibility index (Phi) is 6.55. The highest BCUT2D eigenvalue weighted by Crippen LogP contribution is 2.35. The van der Waals surface area contributed by atoms with Gasteiger partial charge in [-0.15, -0.1) is 11.8 Å². The minimum absolute atomic E-state index is 0.00233. The molecule has 5 heteroatoms. The number of rotatable bonds is 6. The summed E-state index contributed by atoms with van der Waals surface area (Å²) >= 11 is 1.60. The van der Waals surface area contributed by atoms with Gasteiger partial charge in [0.2, 0.25) is 11.8 Å². The number of amides is 2. The smallest absolute Gasteiger partial charge is 0.242 e. The number of imide groups is 1. The summed E-state index contributed by atoms with van der Waals surface area (Å²) in [7, 11) is 0. The number of nitrogens with zero attached hydrogens (tertiary/aromatic N) is 1. The zero-order chi connectivity index (χ0) is 17.1. The first-order valence-electron chi connectivity index (χ1n) is 8.97. The van der Waals surface area contributed by atoms with Crippen LogP contribution in [-0.2, 0) is 9.59 Å². The molecule has 2 unspecified atom stereocenters. The highest BCUT2D eigenvalue weighted by Gasteiger charge is 2.40. The first-order chi connectivity index (χ1) is 10.8. The molecule has 0 aromatic heterocycles. The maximum absolute atomic E-state index is 12.4. The third-order valence-corrected chi connectivity index (χ3v) is 6.38. The van der Waals surface area contributed by atoms with Crippen molar-refractivity contribution < 1.29 is 14.7 Å². The van der Waals surface area contributed by atoms with Crippen LogP contribution in [0.2, 0.25) is 0 Å². The number of carbonyl (C=O) groups is 2. The van der Waals surface area contributed by atoms with Crippen molar-refractivity contribution in [1.82, 2.24) is 4.90 Å². The molecule has 2 amide bonds. The zero-order valence-electron chi connectivity index (χ0n) is 14.8. The molecule has 1 saturated heterocycles. The van der Waals surface area contributed by atoms with Gasteiger partial charge < -0.3 is 5.11 Å². The molecule has 1 aliphatic carbocycles. The van der Waals surface area contributed by atoms with Crippen LogP contribution in [0.15, 0.2) is 0 Å². The predicted molar refractivity (Wildman–Crippen MR) is 94.1 cm³/mol. The number of likely N-dealkylation sites (tertiary alicyclic amines) is 1. The molecule has 1 heterocycles. The van der Waals surface area contributed by atoms with Crippen LogP contribution in [0.25, 0.3) is 0 Å². The normalized spacial score (nSPS) is 30.6. The summed E-state index contributed by atoms with van der Waals surface area (Å²) in [6.45, 7) is 8.83. The van der Waals surface area contributed by atoms with Gasteiger partial charge in [0.05, 0.1) is 11.4 Å². The molecular formula is C18H31NO3S. The summed E-state index contributed by atoms with van der Waals surface area (Å²) in [4.78, 5) is 26.1. The molecule has 23 heavy (non-hydrogen) atoms. The number of aliphatic hydroxyl groups excluding tert-OH is 1. The SMILES string of the molecule is CC(C)SC1CC(=O)N(CC2CCC(C(O)C(C)C)CC2)C1=O. The van der Waals surface area contributed by atoms with Crippen molar-refractivity contribution >= 4 is 23.6 Å². The Morgan fingerprint density at radius 1 is 1.13 bits per heavy atom. The lowest BCUT2D eigenvalue weighted by Gasteiger charge is -2.34. The van der Waals surface area contributed by atoms with Crippen LogP contribution < -0.4 is 0 Å². The van der Waals surface area contributed by atoms with Gasteiger partial charge in [0, 0.05) is 13.0 Å². The lowest BCUT2D eigenvalue weighted by atomic mass is 9.77. The van der Waals surface area contributed by atoms with Crippen molar-refractivity contribution in [2.75, 3.05) is 6.54 Å². The molecule has 2 atom stereocenters. The van der Waals surface area contributed by atoms with Crippen molar-refractivity contribution in [3.8, 4) is 0 Å². The van der Waals surface area contributed by atoms with Gasteiger partial charge in [-0.25, -0.2) is 0 Å². The molecule has 0 radical (unpaired) electrons. The van der Waals surface area contributed by atoms with Gasteiger partial charge in [-0.3, -0.25) is 14.5 Å². The first-order valence-corrected chi connectivity index (χ1v) is 9.91.